The van der Waals surface area contributed by atoms with Crippen molar-refractivity contribution in [1.29, 1.82) is 0 Å². The fraction of sp³-hybridized carbons (Fsp3) is 1.00. The zero-order chi connectivity index (χ0) is 9.35. The Morgan fingerprint density at radius 3 is 2.42 bits per heavy atom. The van der Waals surface area contributed by atoms with Gasteiger partial charge < -0.3 is 4.74 Å². The van der Waals surface area contributed by atoms with Gasteiger partial charge in [-0.15, -0.1) is 0 Å². The minimum atomic E-state index is 0.0385. The lowest BCUT2D eigenvalue weighted by Crippen LogP contribution is -2.55. The highest BCUT2D eigenvalue weighted by Crippen LogP contribution is 2.21. The molecule has 1 saturated heterocycles. The van der Waals surface area contributed by atoms with Crippen LogP contribution < -0.4 is 0 Å². The monoisotopic (exact) mass is 171 g/mol. The molecule has 1 aliphatic heterocycles. The second-order valence-corrected chi connectivity index (χ2v) is 4.69. The van der Waals surface area contributed by atoms with Crippen LogP contribution in [-0.2, 0) is 4.74 Å². The number of hydrogen-bond donors (Lipinski definition) is 0. The fourth-order valence-electron chi connectivity index (χ4n) is 1.77. The molecule has 72 valence electrons. The second-order valence-electron chi connectivity index (χ2n) is 4.69. The van der Waals surface area contributed by atoms with Crippen LogP contribution in [0.3, 0.4) is 0 Å². The molecule has 0 aromatic carbocycles. The van der Waals surface area contributed by atoms with Gasteiger partial charge in [-0.25, -0.2) is 0 Å². The van der Waals surface area contributed by atoms with Gasteiger partial charge in [-0.2, -0.15) is 0 Å². The third-order valence-corrected chi connectivity index (χ3v) is 2.51. The van der Waals surface area contributed by atoms with Gasteiger partial charge in [-0.05, 0) is 34.6 Å². The number of rotatable bonds is 1. The van der Waals surface area contributed by atoms with Crippen LogP contribution in [0.5, 0.6) is 0 Å². The minimum Gasteiger partial charge on any atom is -0.373 e. The Bertz CT molecular complexity index is 154. The molecule has 0 saturated carbocycles. The molecule has 0 spiro atoms. The Hall–Kier alpha value is -0.0800. The quantitative estimate of drug-likeness (QED) is 0.597. The largest absolute Gasteiger partial charge is 0.373 e. The van der Waals surface area contributed by atoms with Crippen LogP contribution in [0.2, 0.25) is 0 Å². The zero-order valence-electron chi connectivity index (χ0n) is 8.92. The van der Waals surface area contributed by atoms with Crippen LogP contribution in [0.25, 0.3) is 0 Å². The summed E-state index contributed by atoms with van der Waals surface area (Å²) in [5.74, 6) is 0. The van der Waals surface area contributed by atoms with Crippen LogP contribution in [0.4, 0.5) is 0 Å². The molecule has 0 bridgehead atoms. The van der Waals surface area contributed by atoms with Gasteiger partial charge in [0.1, 0.15) is 0 Å². The van der Waals surface area contributed by atoms with Crippen molar-refractivity contribution in [2.24, 2.45) is 0 Å². The summed E-state index contributed by atoms with van der Waals surface area (Å²) in [6, 6.07) is 1.20. The lowest BCUT2D eigenvalue weighted by molar-refractivity contribution is -0.118. The van der Waals surface area contributed by atoms with E-state index in [4.69, 9.17) is 4.74 Å². The van der Waals surface area contributed by atoms with Gasteiger partial charge in [-0.3, -0.25) is 4.90 Å². The van der Waals surface area contributed by atoms with Gasteiger partial charge in [-0.1, -0.05) is 0 Å². The van der Waals surface area contributed by atoms with Crippen molar-refractivity contribution in [3.8, 4) is 0 Å². The van der Waals surface area contributed by atoms with Crippen molar-refractivity contribution in [3.63, 3.8) is 0 Å². The molecule has 0 aliphatic carbocycles. The number of morpholine rings is 1. The van der Waals surface area contributed by atoms with Crippen molar-refractivity contribution in [2.75, 3.05) is 13.2 Å². The molecular formula is C10H21NO. The van der Waals surface area contributed by atoms with Crippen molar-refractivity contribution < 1.29 is 4.74 Å². The summed E-state index contributed by atoms with van der Waals surface area (Å²) in [5, 5.41) is 0. The number of hydrogen-bond acceptors (Lipinski definition) is 2. The fourth-order valence-corrected chi connectivity index (χ4v) is 1.77. The average Bonchev–Trinajstić information content (AvgIpc) is 1.94. The maximum atomic E-state index is 5.72. The Balaban J connectivity index is 2.59. The lowest BCUT2D eigenvalue weighted by atomic mass is 10.0. The van der Waals surface area contributed by atoms with E-state index in [0.29, 0.717) is 12.1 Å². The van der Waals surface area contributed by atoms with Gasteiger partial charge in [0.15, 0.2) is 0 Å². The lowest BCUT2D eigenvalue weighted by Gasteiger charge is -2.44. The van der Waals surface area contributed by atoms with E-state index >= 15 is 0 Å². The highest BCUT2D eigenvalue weighted by Gasteiger charge is 2.32. The first-order valence-corrected chi connectivity index (χ1v) is 4.82. The highest BCUT2D eigenvalue weighted by atomic mass is 16.5. The number of ether oxygens (including phenoxy) is 1. The summed E-state index contributed by atoms with van der Waals surface area (Å²) in [4.78, 5) is 2.50. The maximum absolute atomic E-state index is 5.72. The SMILES string of the molecule is CC(C)N1CC(C)(C)OCC1C. The van der Waals surface area contributed by atoms with E-state index in [0.717, 1.165) is 13.2 Å². The molecule has 1 atom stereocenters. The molecule has 1 rings (SSSR count). The average molecular weight is 171 g/mol. The van der Waals surface area contributed by atoms with E-state index in [1.165, 1.54) is 0 Å². The van der Waals surface area contributed by atoms with E-state index in [-0.39, 0.29) is 5.60 Å². The number of nitrogens with zero attached hydrogens (tertiary/aromatic N) is 1. The van der Waals surface area contributed by atoms with Crippen LogP contribution in [0.1, 0.15) is 34.6 Å². The van der Waals surface area contributed by atoms with E-state index in [1.54, 1.807) is 0 Å². The van der Waals surface area contributed by atoms with Gasteiger partial charge in [0.2, 0.25) is 0 Å². The molecular weight excluding hydrogens is 150 g/mol. The summed E-state index contributed by atoms with van der Waals surface area (Å²) < 4.78 is 5.72. The van der Waals surface area contributed by atoms with Crippen LogP contribution in [0.15, 0.2) is 0 Å². The smallest absolute Gasteiger partial charge is 0.0753 e. The summed E-state index contributed by atoms with van der Waals surface area (Å²) in [6.07, 6.45) is 0. The second kappa shape index (κ2) is 3.35. The van der Waals surface area contributed by atoms with Crippen molar-refractivity contribution in [2.45, 2.75) is 52.3 Å². The summed E-state index contributed by atoms with van der Waals surface area (Å²) in [6.45, 7) is 13.0. The van der Waals surface area contributed by atoms with Crippen LogP contribution >= 0.6 is 0 Å². The first-order chi connectivity index (χ1) is 5.42. The van der Waals surface area contributed by atoms with E-state index in [1.807, 2.05) is 0 Å². The third kappa shape index (κ3) is 2.20. The summed E-state index contributed by atoms with van der Waals surface area (Å²) in [5.41, 5.74) is 0.0385. The van der Waals surface area contributed by atoms with E-state index in [9.17, 15) is 0 Å². The van der Waals surface area contributed by atoms with Crippen LogP contribution in [-0.4, -0.2) is 35.7 Å². The van der Waals surface area contributed by atoms with Crippen molar-refractivity contribution >= 4 is 0 Å². The van der Waals surface area contributed by atoms with E-state index < -0.39 is 0 Å². The predicted molar refractivity (Wildman–Crippen MR) is 51.3 cm³/mol. The topological polar surface area (TPSA) is 12.5 Å². The molecule has 1 unspecified atom stereocenters. The molecule has 2 heteroatoms. The molecule has 1 heterocycles. The van der Waals surface area contributed by atoms with Gasteiger partial charge in [0.05, 0.1) is 12.2 Å². The van der Waals surface area contributed by atoms with Gasteiger partial charge in [0, 0.05) is 18.6 Å². The Morgan fingerprint density at radius 2 is 2.00 bits per heavy atom. The molecule has 0 radical (unpaired) electrons. The standard InChI is InChI=1S/C10H21NO/c1-8(2)11-7-10(4,5)12-6-9(11)3/h8-9H,6-7H2,1-5H3. The summed E-state index contributed by atoms with van der Waals surface area (Å²) in [7, 11) is 0. The van der Waals surface area contributed by atoms with Gasteiger partial charge in [0.25, 0.3) is 0 Å². The Kier molecular flexibility index (Phi) is 2.79. The maximum Gasteiger partial charge on any atom is 0.0753 e. The molecule has 0 aromatic heterocycles. The Labute approximate surface area is 75.9 Å². The molecule has 0 N–H and O–H groups in total. The first-order valence-electron chi connectivity index (χ1n) is 4.82. The summed E-state index contributed by atoms with van der Waals surface area (Å²) >= 11 is 0. The molecule has 2 nitrogen and oxygen atoms in total. The molecule has 12 heavy (non-hydrogen) atoms. The molecule has 1 aliphatic rings. The third-order valence-electron chi connectivity index (χ3n) is 2.51. The molecule has 0 amide bonds. The molecule has 1 fully saturated rings. The minimum absolute atomic E-state index is 0.0385. The van der Waals surface area contributed by atoms with Crippen molar-refractivity contribution in [1.82, 2.24) is 4.90 Å². The highest BCUT2D eigenvalue weighted by molar-refractivity contribution is 4.84. The van der Waals surface area contributed by atoms with E-state index in [2.05, 4.69) is 39.5 Å². The zero-order valence-corrected chi connectivity index (χ0v) is 8.92. The molecule has 0 aromatic rings. The normalized spacial score (nSPS) is 31.0. The predicted octanol–water partition coefficient (Wildman–Crippen LogP) is 1.89. The van der Waals surface area contributed by atoms with Crippen molar-refractivity contribution in [3.05, 3.63) is 0 Å². The Morgan fingerprint density at radius 1 is 1.42 bits per heavy atom. The first kappa shape index (κ1) is 10.0. The van der Waals surface area contributed by atoms with Crippen LogP contribution in [0, 0.1) is 0 Å². The van der Waals surface area contributed by atoms with Gasteiger partial charge >= 0.3 is 0 Å².